The molecule has 0 bridgehead atoms. The molecule has 0 heterocycles. The summed E-state index contributed by atoms with van der Waals surface area (Å²) in [5.41, 5.74) is 0. The van der Waals surface area contributed by atoms with Crippen molar-refractivity contribution in [2.75, 3.05) is 6.61 Å². The smallest absolute Gasteiger partial charge is 0.0873 e. The molecule has 0 aliphatic rings. The minimum Gasteiger partial charge on any atom is -0.501 e. The zero-order valence-corrected chi connectivity index (χ0v) is 8.10. The van der Waals surface area contributed by atoms with Crippen LogP contribution in [-0.2, 0) is 4.74 Å². The average molecular weight is 177 g/mol. The summed E-state index contributed by atoms with van der Waals surface area (Å²) in [7, 11) is 0. The molecule has 1 atom stereocenters. The van der Waals surface area contributed by atoms with Gasteiger partial charge < -0.3 is 4.74 Å². The second-order valence-corrected chi connectivity index (χ2v) is 3.27. The topological polar surface area (TPSA) is 9.23 Å². The highest BCUT2D eigenvalue weighted by Crippen LogP contribution is 1.97. The van der Waals surface area contributed by atoms with Crippen molar-refractivity contribution >= 4 is 11.6 Å². The van der Waals surface area contributed by atoms with Gasteiger partial charge in [-0.25, -0.2) is 0 Å². The fourth-order valence-corrected chi connectivity index (χ4v) is 0.727. The molecule has 66 valence electrons. The first-order valence-corrected chi connectivity index (χ1v) is 4.63. The van der Waals surface area contributed by atoms with Gasteiger partial charge in [0, 0.05) is 0 Å². The van der Waals surface area contributed by atoms with Gasteiger partial charge in [-0.15, -0.1) is 11.6 Å². The lowest BCUT2D eigenvalue weighted by atomic mass is 10.3. The minimum atomic E-state index is 0.0705. The van der Waals surface area contributed by atoms with Gasteiger partial charge in [0.05, 0.1) is 18.2 Å². The number of hydrogen-bond donors (Lipinski definition) is 0. The summed E-state index contributed by atoms with van der Waals surface area (Å²) >= 11 is 5.65. The molecular weight excluding hydrogens is 160 g/mol. The van der Waals surface area contributed by atoms with Gasteiger partial charge >= 0.3 is 0 Å². The van der Waals surface area contributed by atoms with Crippen LogP contribution >= 0.6 is 11.6 Å². The lowest BCUT2D eigenvalue weighted by Gasteiger charge is -1.98. The Balaban J connectivity index is 3.01. The van der Waals surface area contributed by atoms with Crippen LogP contribution in [0, 0.1) is 0 Å². The Labute approximate surface area is 74.4 Å². The molecule has 0 rings (SSSR count). The molecule has 0 fully saturated rings. The maximum absolute atomic E-state index is 5.65. The predicted molar refractivity (Wildman–Crippen MR) is 49.9 cm³/mol. The molecule has 0 spiro atoms. The molecule has 0 saturated carbocycles. The zero-order valence-electron chi connectivity index (χ0n) is 7.35. The molecule has 0 aliphatic heterocycles. The Bertz CT molecular complexity index is 99.7. The van der Waals surface area contributed by atoms with Gasteiger partial charge in [0.1, 0.15) is 0 Å². The molecule has 2 heteroatoms. The molecule has 1 nitrogen and oxygen atoms in total. The quantitative estimate of drug-likeness (QED) is 0.343. The maximum atomic E-state index is 5.65. The van der Waals surface area contributed by atoms with Gasteiger partial charge in [-0.1, -0.05) is 19.8 Å². The van der Waals surface area contributed by atoms with Crippen LogP contribution in [0.5, 0.6) is 0 Å². The third-order valence-electron chi connectivity index (χ3n) is 1.31. The van der Waals surface area contributed by atoms with Crippen LogP contribution in [0.1, 0.15) is 33.1 Å². The molecule has 0 N–H and O–H groups in total. The fourth-order valence-electron chi connectivity index (χ4n) is 0.667. The largest absolute Gasteiger partial charge is 0.501 e. The van der Waals surface area contributed by atoms with Crippen molar-refractivity contribution in [1.29, 1.82) is 0 Å². The molecule has 1 unspecified atom stereocenters. The van der Waals surface area contributed by atoms with Crippen molar-refractivity contribution in [3.05, 3.63) is 12.3 Å². The average Bonchev–Trinajstić information content (AvgIpc) is 1.96. The van der Waals surface area contributed by atoms with Crippen LogP contribution in [0.25, 0.3) is 0 Å². The molecule has 0 radical (unpaired) electrons. The lowest BCUT2D eigenvalue weighted by molar-refractivity contribution is 0.241. The highest BCUT2D eigenvalue weighted by Gasteiger charge is 1.86. The van der Waals surface area contributed by atoms with Crippen molar-refractivity contribution in [3.63, 3.8) is 0 Å². The Morgan fingerprint density at radius 1 is 1.45 bits per heavy atom. The molecular formula is C9H17ClO. The molecule has 0 amide bonds. The molecule has 0 aromatic rings. The molecule has 0 aromatic heterocycles. The maximum Gasteiger partial charge on any atom is 0.0873 e. The van der Waals surface area contributed by atoms with E-state index in [2.05, 4.69) is 6.92 Å². The highest BCUT2D eigenvalue weighted by atomic mass is 35.5. The number of halogens is 1. The fraction of sp³-hybridized carbons (Fsp3) is 0.778. The summed E-state index contributed by atoms with van der Waals surface area (Å²) in [5, 5.41) is 0.0705. The third-order valence-corrected chi connectivity index (χ3v) is 1.45. The number of hydrogen-bond acceptors (Lipinski definition) is 1. The van der Waals surface area contributed by atoms with Gasteiger partial charge in [0.2, 0.25) is 0 Å². The summed E-state index contributed by atoms with van der Waals surface area (Å²) in [4.78, 5) is 0. The number of allylic oxidation sites excluding steroid dienone is 1. The first-order chi connectivity index (χ1) is 5.27. The number of unbranched alkanes of at least 4 members (excludes halogenated alkanes) is 2. The van der Waals surface area contributed by atoms with Crippen LogP contribution in [0.3, 0.4) is 0 Å². The van der Waals surface area contributed by atoms with Crippen molar-refractivity contribution in [3.8, 4) is 0 Å². The molecule has 0 aromatic carbocycles. The lowest BCUT2D eigenvalue weighted by Crippen LogP contribution is -1.88. The number of alkyl halides is 1. The van der Waals surface area contributed by atoms with Crippen molar-refractivity contribution in [2.45, 2.75) is 38.5 Å². The van der Waals surface area contributed by atoms with Gasteiger partial charge in [-0.2, -0.15) is 0 Å². The van der Waals surface area contributed by atoms with E-state index < -0.39 is 0 Å². The second kappa shape index (κ2) is 7.93. The number of rotatable bonds is 6. The summed E-state index contributed by atoms with van der Waals surface area (Å²) in [5.74, 6) is 0. The molecule has 11 heavy (non-hydrogen) atoms. The van der Waals surface area contributed by atoms with E-state index in [1.807, 2.05) is 13.0 Å². The Morgan fingerprint density at radius 2 is 2.18 bits per heavy atom. The van der Waals surface area contributed by atoms with Crippen LogP contribution in [0.2, 0.25) is 0 Å². The highest BCUT2D eigenvalue weighted by molar-refractivity contribution is 6.21. The Hall–Kier alpha value is -0.170. The van der Waals surface area contributed by atoms with E-state index in [-0.39, 0.29) is 5.38 Å². The first kappa shape index (κ1) is 10.8. The van der Waals surface area contributed by atoms with E-state index in [1.54, 1.807) is 6.26 Å². The Kier molecular flexibility index (Phi) is 7.81. The summed E-state index contributed by atoms with van der Waals surface area (Å²) in [6, 6.07) is 0. The SMILES string of the molecule is CCCCCO/C=C/C(C)Cl. The van der Waals surface area contributed by atoms with Gasteiger partial charge in [-0.05, 0) is 19.4 Å². The number of ether oxygens (including phenoxy) is 1. The van der Waals surface area contributed by atoms with Crippen LogP contribution in [-0.4, -0.2) is 12.0 Å². The monoisotopic (exact) mass is 176 g/mol. The van der Waals surface area contributed by atoms with Gasteiger partial charge in [-0.3, -0.25) is 0 Å². The van der Waals surface area contributed by atoms with Crippen molar-refractivity contribution < 1.29 is 4.74 Å². The van der Waals surface area contributed by atoms with E-state index in [0.717, 1.165) is 13.0 Å². The van der Waals surface area contributed by atoms with E-state index in [0.29, 0.717) is 0 Å². The minimum absolute atomic E-state index is 0.0705. The van der Waals surface area contributed by atoms with E-state index in [9.17, 15) is 0 Å². The normalized spacial score (nSPS) is 13.7. The standard InChI is InChI=1S/C9H17ClO/c1-3-4-5-7-11-8-6-9(2)10/h6,8-9H,3-5,7H2,1-2H3/b8-6+. The summed E-state index contributed by atoms with van der Waals surface area (Å²) in [6.07, 6.45) is 7.14. The Morgan fingerprint density at radius 3 is 2.73 bits per heavy atom. The third kappa shape index (κ3) is 9.83. The van der Waals surface area contributed by atoms with Crippen molar-refractivity contribution in [2.24, 2.45) is 0 Å². The van der Waals surface area contributed by atoms with Gasteiger partial charge in [0.15, 0.2) is 0 Å². The van der Waals surface area contributed by atoms with Crippen LogP contribution in [0.4, 0.5) is 0 Å². The van der Waals surface area contributed by atoms with Crippen LogP contribution in [0.15, 0.2) is 12.3 Å². The molecule has 0 saturated heterocycles. The summed E-state index contributed by atoms with van der Waals surface area (Å²) < 4.78 is 5.18. The first-order valence-electron chi connectivity index (χ1n) is 4.19. The predicted octanol–water partition coefficient (Wildman–Crippen LogP) is 3.33. The second-order valence-electron chi connectivity index (χ2n) is 2.58. The summed E-state index contributed by atoms with van der Waals surface area (Å²) in [6.45, 7) is 4.90. The molecule has 0 aliphatic carbocycles. The zero-order chi connectivity index (χ0) is 8.53. The van der Waals surface area contributed by atoms with E-state index in [4.69, 9.17) is 16.3 Å². The van der Waals surface area contributed by atoms with Crippen molar-refractivity contribution in [1.82, 2.24) is 0 Å². The van der Waals surface area contributed by atoms with E-state index >= 15 is 0 Å². The van der Waals surface area contributed by atoms with Crippen LogP contribution < -0.4 is 0 Å². The van der Waals surface area contributed by atoms with E-state index in [1.165, 1.54) is 12.8 Å². The van der Waals surface area contributed by atoms with Gasteiger partial charge in [0.25, 0.3) is 0 Å².